The van der Waals surface area contributed by atoms with Gasteiger partial charge >= 0.3 is 0 Å². The first kappa shape index (κ1) is 18.1. The molecule has 1 aliphatic rings. The molecular weight excluding hydrogens is 358 g/mol. The van der Waals surface area contributed by atoms with Crippen molar-refractivity contribution in [1.29, 1.82) is 0 Å². The van der Waals surface area contributed by atoms with Crippen LogP contribution in [0.25, 0.3) is 10.9 Å². The van der Waals surface area contributed by atoms with E-state index in [1.807, 2.05) is 32.2 Å². The number of rotatable bonds is 4. The summed E-state index contributed by atoms with van der Waals surface area (Å²) in [4.78, 5) is 27.6. The number of nitrogens with zero attached hydrogens (tertiary/aromatic N) is 5. The Balaban J connectivity index is 1.47. The number of anilines is 1. The molecule has 0 amide bonds. The van der Waals surface area contributed by atoms with Gasteiger partial charge in [0.15, 0.2) is 0 Å². The van der Waals surface area contributed by atoms with Gasteiger partial charge in [0.1, 0.15) is 0 Å². The predicted octanol–water partition coefficient (Wildman–Crippen LogP) is 3.06. The van der Waals surface area contributed by atoms with E-state index in [0.717, 1.165) is 48.9 Å². The fourth-order valence-electron chi connectivity index (χ4n) is 3.55. The van der Waals surface area contributed by atoms with E-state index in [9.17, 15) is 4.79 Å². The molecular formula is C20H25N5OS. The Bertz CT molecular complexity index is 1000. The summed E-state index contributed by atoms with van der Waals surface area (Å²) in [6.45, 7) is 11.0. The van der Waals surface area contributed by atoms with Crippen LogP contribution in [0.15, 0.2) is 35.5 Å². The van der Waals surface area contributed by atoms with E-state index in [2.05, 4.69) is 32.8 Å². The van der Waals surface area contributed by atoms with Crippen molar-refractivity contribution in [2.75, 3.05) is 31.1 Å². The number of hydrogen-bond acceptors (Lipinski definition) is 6. The molecule has 2 aromatic heterocycles. The van der Waals surface area contributed by atoms with Crippen molar-refractivity contribution in [2.24, 2.45) is 0 Å². The molecule has 6 nitrogen and oxygen atoms in total. The maximum absolute atomic E-state index is 12.6. The molecule has 142 valence electrons. The molecule has 0 unspecified atom stereocenters. The van der Waals surface area contributed by atoms with E-state index >= 15 is 0 Å². The molecule has 1 aliphatic heterocycles. The van der Waals surface area contributed by atoms with Gasteiger partial charge < -0.3 is 4.90 Å². The normalized spacial score (nSPS) is 15.8. The highest BCUT2D eigenvalue weighted by Crippen LogP contribution is 2.22. The first-order chi connectivity index (χ1) is 13.0. The Morgan fingerprint density at radius 2 is 1.93 bits per heavy atom. The maximum Gasteiger partial charge on any atom is 0.261 e. The molecule has 7 heteroatoms. The van der Waals surface area contributed by atoms with Crippen LogP contribution in [0.4, 0.5) is 5.69 Å². The number of aromatic nitrogens is 3. The molecule has 0 N–H and O–H groups in total. The molecule has 0 saturated carbocycles. The summed E-state index contributed by atoms with van der Waals surface area (Å²) in [5.41, 5.74) is 1.95. The highest BCUT2D eigenvalue weighted by Gasteiger charge is 2.19. The average Bonchev–Trinajstić information content (AvgIpc) is 3.07. The lowest BCUT2D eigenvalue weighted by Crippen LogP contribution is -2.45. The van der Waals surface area contributed by atoms with Crippen LogP contribution in [-0.4, -0.2) is 45.6 Å². The number of benzene rings is 1. The summed E-state index contributed by atoms with van der Waals surface area (Å²) in [6, 6.07) is 6.14. The summed E-state index contributed by atoms with van der Waals surface area (Å²) in [6.07, 6.45) is 3.65. The Morgan fingerprint density at radius 3 is 2.59 bits per heavy atom. The Kier molecular flexibility index (Phi) is 4.97. The molecule has 1 aromatic carbocycles. The number of hydrogen-bond donors (Lipinski definition) is 0. The maximum atomic E-state index is 12.6. The number of aryl methyl sites for hydroxylation is 1. The van der Waals surface area contributed by atoms with E-state index in [0.29, 0.717) is 5.39 Å². The largest absolute Gasteiger partial charge is 0.369 e. The molecule has 0 bridgehead atoms. The van der Waals surface area contributed by atoms with Crippen LogP contribution >= 0.6 is 11.3 Å². The fraction of sp³-hybridized carbons (Fsp3) is 0.450. The zero-order valence-electron chi connectivity index (χ0n) is 16.1. The first-order valence-electron chi connectivity index (χ1n) is 9.41. The van der Waals surface area contributed by atoms with Gasteiger partial charge in [-0.25, -0.2) is 9.97 Å². The molecule has 4 rings (SSSR count). The summed E-state index contributed by atoms with van der Waals surface area (Å²) < 4.78 is 1.68. The van der Waals surface area contributed by atoms with Crippen molar-refractivity contribution in [2.45, 2.75) is 33.4 Å². The van der Waals surface area contributed by atoms with Gasteiger partial charge in [-0.1, -0.05) is 0 Å². The van der Waals surface area contributed by atoms with E-state index in [4.69, 9.17) is 0 Å². The highest BCUT2D eigenvalue weighted by molar-refractivity contribution is 7.11. The number of thiazole rings is 1. The lowest BCUT2D eigenvalue weighted by atomic mass is 10.2. The van der Waals surface area contributed by atoms with Gasteiger partial charge in [0.2, 0.25) is 0 Å². The quantitative estimate of drug-likeness (QED) is 0.693. The van der Waals surface area contributed by atoms with Gasteiger partial charge in [-0.15, -0.1) is 11.3 Å². The van der Waals surface area contributed by atoms with Crippen molar-refractivity contribution in [1.82, 2.24) is 19.4 Å². The van der Waals surface area contributed by atoms with E-state index in [1.165, 1.54) is 4.88 Å². The predicted molar refractivity (Wildman–Crippen MR) is 111 cm³/mol. The second kappa shape index (κ2) is 7.40. The number of piperazine rings is 1. The third-order valence-electron chi connectivity index (χ3n) is 5.11. The molecule has 1 saturated heterocycles. The topological polar surface area (TPSA) is 54.3 Å². The van der Waals surface area contributed by atoms with Crippen LogP contribution in [0, 0.1) is 6.92 Å². The third-order valence-corrected chi connectivity index (χ3v) is 6.01. The number of fused-ring (bicyclic) bond motifs is 1. The van der Waals surface area contributed by atoms with E-state index in [-0.39, 0.29) is 11.6 Å². The Morgan fingerprint density at radius 1 is 1.15 bits per heavy atom. The standard InChI is InChI=1S/C20H25N5OS/c1-14(2)25-13-22-19-10-16(4-5-18(19)20(25)26)24-8-6-23(7-9-24)12-17-11-21-15(3)27-17/h4-5,10-11,13-14H,6-9,12H2,1-3H3. The van der Waals surface area contributed by atoms with Crippen molar-refractivity contribution >= 4 is 27.9 Å². The minimum absolute atomic E-state index is 0.0335. The summed E-state index contributed by atoms with van der Waals surface area (Å²) in [5, 5.41) is 1.82. The van der Waals surface area contributed by atoms with E-state index < -0.39 is 0 Å². The first-order valence-corrected chi connectivity index (χ1v) is 10.2. The van der Waals surface area contributed by atoms with Crippen LogP contribution in [0.1, 0.15) is 29.8 Å². The van der Waals surface area contributed by atoms with Crippen LogP contribution in [0.2, 0.25) is 0 Å². The van der Waals surface area contributed by atoms with E-state index in [1.54, 1.807) is 22.2 Å². The van der Waals surface area contributed by atoms with Gasteiger partial charge in [-0.3, -0.25) is 14.3 Å². The van der Waals surface area contributed by atoms with Crippen LogP contribution < -0.4 is 10.5 Å². The molecule has 0 spiro atoms. The van der Waals surface area contributed by atoms with Crippen molar-refractivity contribution in [3.63, 3.8) is 0 Å². The van der Waals surface area contributed by atoms with Gasteiger partial charge in [0, 0.05) is 55.5 Å². The molecule has 0 aliphatic carbocycles. The third kappa shape index (κ3) is 3.75. The second-order valence-electron chi connectivity index (χ2n) is 7.36. The summed E-state index contributed by atoms with van der Waals surface area (Å²) in [7, 11) is 0. The molecule has 3 heterocycles. The monoisotopic (exact) mass is 383 g/mol. The van der Waals surface area contributed by atoms with Gasteiger partial charge in [-0.05, 0) is 39.0 Å². The highest BCUT2D eigenvalue weighted by atomic mass is 32.1. The van der Waals surface area contributed by atoms with Crippen molar-refractivity contribution in [3.05, 3.63) is 51.0 Å². The van der Waals surface area contributed by atoms with Crippen LogP contribution in [-0.2, 0) is 6.54 Å². The van der Waals surface area contributed by atoms with Gasteiger partial charge in [0.25, 0.3) is 5.56 Å². The van der Waals surface area contributed by atoms with Crippen molar-refractivity contribution < 1.29 is 0 Å². The van der Waals surface area contributed by atoms with Gasteiger partial charge in [0.05, 0.1) is 22.2 Å². The molecule has 0 radical (unpaired) electrons. The second-order valence-corrected chi connectivity index (χ2v) is 8.68. The minimum atomic E-state index is 0.0335. The SMILES string of the molecule is Cc1ncc(CN2CCN(c3ccc4c(=O)n(C(C)C)cnc4c3)CC2)s1. The zero-order valence-corrected chi connectivity index (χ0v) is 16.9. The van der Waals surface area contributed by atoms with Crippen molar-refractivity contribution in [3.8, 4) is 0 Å². The lowest BCUT2D eigenvalue weighted by Gasteiger charge is -2.35. The zero-order chi connectivity index (χ0) is 19.0. The van der Waals surface area contributed by atoms with Gasteiger partial charge in [-0.2, -0.15) is 0 Å². The van der Waals surface area contributed by atoms with Crippen LogP contribution in [0.5, 0.6) is 0 Å². The Hall–Kier alpha value is -2.25. The average molecular weight is 384 g/mol. The summed E-state index contributed by atoms with van der Waals surface area (Å²) >= 11 is 1.78. The lowest BCUT2D eigenvalue weighted by molar-refractivity contribution is 0.252. The Labute approximate surface area is 163 Å². The summed E-state index contributed by atoms with van der Waals surface area (Å²) in [5.74, 6) is 0. The molecule has 3 aromatic rings. The fourth-order valence-corrected chi connectivity index (χ4v) is 4.39. The smallest absolute Gasteiger partial charge is 0.261 e. The molecule has 0 atom stereocenters. The minimum Gasteiger partial charge on any atom is -0.369 e. The van der Waals surface area contributed by atoms with Crippen LogP contribution in [0.3, 0.4) is 0 Å². The molecule has 1 fully saturated rings. The molecule has 27 heavy (non-hydrogen) atoms.